The lowest BCUT2D eigenvalue weighted by Crippen LogP contribution is -2.60. The minimum Gasteiger partial charge on any atom is -0.469 e. The van der Waals surface area contributed by atoms with Gasteiger partial charge in [0.25, 0.3) is 0 Å². The minimum absolute atomic E-state index is 0.0444. The standard InChI is InChI=1S/C27H40O6/c1-15(6-9-24(31)32-5)19-7-8-20-25-21(14-23(30)27(19,20)4)26(3)11-10-18(33-16(2)28)12-17(26)13-22(25)29/h15,17-21,25H,6-14H2,1-5H3/t15-,17+,18-,19?,20+,21+,25+,26+,27-/m1/s1. The molecule has 4 aliphatic rings. The molecule has 4 fully saturated rings. The Kier molecular flexibility index (Phi) is 6.52. The van der Waals surface area contributed by atoms with Crippen LogP contribution in [0.1, 0.15) is 85.5 Å². The molecule has 0 spiro atoms. The first-order valence-electron chi connectivity index (χ1n) is 12.8. The molecule has 0 N–H and O–H groups in total. The Balaban J connectivity index is 1.56. The highest BCUT2D eigenvalue weighted by molar-refractivity contribution is 5.92. The van der Waals surface area contributed by atoms with Crippen molar-refractivity contribution in [2.75, 3.05) is 7.11 Å². The summed E-state index contributed by atoms with van der Waals surface area (Å²) in [5.41, 5.74) is -0.536. The van der Waals surface area contributed by atoms with E-state index in [1.54, 1.807) is 0 Å². The number of hydrogen-bond acceptors (Lipinski definition) is 6. The lowest BCUT2D eigenvalue weighted by Gasteiger charge is -2.59. The third-order valence-corrected chi connectivity index (χ3v) is 10.4. The van der Waals surface area contributed by atoms with Crippen LogP contribution in [0.25, 0.3) is 0 Å². The number of ketones is 2. The summed E-state index contributed by atoms with van der Waals surface area (Å²) in [5.74, 6) is 0.945. The smallest absolute Gasteiger partial charge is 0.305 e. The summed E-state index contributed by atoms with van der Waals surface area (Å²) in [6, 6.07) is 0. The van der Waals surface area contributed by atoms with Gasteiger partial charge in [-0.05, 0) is 73.5 Å². The van der Waals surface area contributed by atoms with E-state index in [1.807, 2.05) is 0 Å². The molecule has 0 bridgehead atoms. The number of Topliss-reactive ketones (excluding diaryl/α,β-unsaturated/α-hetero) is 2. The average Bonchev–Trinajstić information content (AvgIpc) is 3.11. The molecule has 6 heteroatoms. The highest BCUT2D eigenvalue weighted by Crippen LogP contribution is 2.66. The number of rotatable bonds is 5. The van der Waals surface area contributed by atoms with Gasteiger partial charge in [0.2, 0.25) is 0 Å². The minimum atomic E-state index is -0.482. The van der Waals surface area contributed by atoms with Crippen molar-refractivity contribution < 1.29 is 28.7 Å². The van der Waals surface area contributed by atoms with Crippen LogP contribution in [0, 0.1) is 46.3 Å². The van der Waals surface area contributed by atoms with Crippen LogP contribution in [0.4, 0.5) is 0 Å². The molecule has 9 atom stereocenters. The topological polar surface area (TPSA) is 86.7 Å². The second kappa shape index (κ2) is 8.81. The molecule has 1 unspecified atom stereocenters. The average molecular weight is 461 g/mol. The molecule has 0 amide bonds. The Labute approximate surface area is 197 Å². The molecule has 0 radical (unpaired) electrons. The predicted molar refractivity (Wildman–Crippen MR) is 122 cm³/mol. The number of esters is 2. The Morgan fingerprint density at radius 2 is 1.82 bits per heavy atom. The van der Waals surface area contributed by atoms with Crippen molar-refractivity contribution in [3.8, 4) is 0 Å². The van der Waals surface area contributed by atoms with Crippen molar-refractivity contribution in [2.45, 2.75) is 91.6 Å². The van der Waals surface area contributed by atoms with Crippen LogP contribution >= 0.6 is 0 Å². The molecule has 0 aromatic carbocycles. The van der Waals surface area contributed by atoms with Gasteiger partial charge >= 0.3 is 11.9 Å². The second-order valence-electron chi connectivity index (χ2n) is 11.8. The zero-order chi connectivity index (χ0) is 24.1. The maximum atomic E-state index is 13.8. The summed E-state index contributed by atoms with van der Waals surface area (Å²) in [4.78, 5) is 50.6. The fourth-order valence-corrected chi connectivity index (χ4v) is 8.55. The lowest BCUT2D eigenvalue weighted by atomic mass is 9.43. The van der Waals surface area contributed by atoms with Crippen LogP contribution in [-0.2, 0) is 28.7 Å². The quantitative estimate of drug-likeness (QED) is 0.561. The fourth-order valence-electron chi connectivity index (χ4n) is 8.55. The van der Waals surface area contributed by atoms with E-state index in [0.717, 1.165) is 32.1 Å². The summed E-state index contributed by atoms with van der Waals surface area (Å²) in [6.45, 7) is 7.99. The first-order valence-corrected chi connectivity index (χ1v) is 12.8. The number of carbonyl (C=O) groups is 4. The van der Waals surface area contributed by atoms with Gasteiger partial charge < -0.3 is 9.47 Å². The first kappa shape index (κ1) is 24.4. The van der Waals surface area contributed by atoms with Gasteiger partial charge in [0.05, 0.1) is 7.11 Å². The predicted octanol–water partition coefficient (Wildman–Crippen LogP) is 4.52. The van der Waals surface area contributed by atoms with Crippen LogP contribution in [0.15, 0.2) is 0 Å². The van der Waals surface area contributed by atoms with Crippen LogP contribution in [0.3, 0.4) is 0 Å². The van der Waals surface area contributed by atoms with E-state index in [4.69, 9.17) is 9.47 Å². The molecule has 0 saturated heterocycles. The number of methoxy groups -OCH3 is 1. The van der Waals surface area contributed by atoms with Crippen LogP contribution < -0.4 is 0 Å². The maximum absolute atomic E-state index is 13.8. The summed E-state index contributed by atoms with van der Waals surface area (Å²) in [6.07, 6.45) is 6.30. The van der Waals surface area contributed by atoms with Gasteiger partial charge in [-0.2, -0.15) is 0 Å². The zero-order valence-corrected chi connectivity index (χ0v) is 20.9. The molecule has 4 rings (SSSR count). The van der Waals surface area contributed by atoms with Crippen molar-refractivity contribution in [2.24, 2.45) is 46.3 Å². The summed E-state index contributed by atoms with van der Waals surface area (Å²) >= 11 is 0. The molecular formula is C27H40O6. The second-order valence-corrected chi connectivity index (χ2v) is 11.8. The summed E-state index contributed by atoms with van der Waals surface area (Å²) < 4.78 is 10.3. The molecule has 184 valence electrons. The van der Waals surface area contributed by atoms with Gasteiger partial charge in [0, 0.05) is 37.5 Å². The van der Waals surface area contributed by atoms with Crippen molar-refractivity contribution in [1.29, 1.82) is 0 Å². The normalized spacial score (nSPS) is 43.2. The third-order valence-electron chi connectivity index (χ3n) is 10.4. The van der Waals surface area contributed by atoms with E-state index in [-0.39, 0.29) is 59.0 Å². The molecule has 0 aromatic heterocycles. The van der Waals surface area contributed by atoms with Crippen molar-refractivity contribution in [3.63, 3.8) is 0 Å². The third kappa shape index (κ3) is 3.95. The monoisotopic (exact) mass is 460 g/mol. The Bertz CT molecular complexity index is 834. The highest BCUT2D eigenvalue weighted by Gasteiger charge is 2.66. The SMILES string of the molecule is COC(=O)CC[C@@H](C)C1CC[C@H]2[C@@H]3C(=O)C[C@@H]4C[C@H](OC(C)=O)CC[C@]4(C)[C@H]3CC(=O)[C@]12C. The summed E-state index contributed by atoms with van der Waals surface area (Å²) in [7, 11) is 1.41. The van der Waals surface area contributed by atoms with Gasteiger partial charge in [-0.15, -0.1) is 0 Å². The van der Waals surface area contributed by atoms with Gasteiger partial charge in [-0.3, -0.25) is 19.2 Å². The van der Waals surface area contributed by atoms with Crippen LogP contribution in [-0.4, -0.2) is 36.7 Å². The number of ether oxygens (including phenoxy) is 2. The van der Waals surface area contributed by atoms with Gasteiger partial charge in [-0.1, -0.05) is 20.8 Å². The van der Waals surface area contributed by atoms with Crippen molar-refractivity contribution in [1.82, 2.24) is 0 Å². The van der Waals surface area contributed by atoms with Gasteiger partial charge in [-0.25, -0.2) is 0 Å². The number of fused-ring (bicyclic) bond motifs is 5. The Hall–Kier alpha value is -1.72. The Morgan fingerprint density at radius 1 is 1.09 bits per heavy atom. The van der Waals surface area contributed by atoms with Crippen LogP contribution in [0.5, 0.6) is 0 Å². The number of hydrogen-bond donors (Lipinski definition) is 0. The molecule has 0 aliphatic heterocycles. The zero-order valence-electron chi connectivity index (χ0n) is 20.9. The van der Waals surface area contributed by atoms with Crippen LogP contribution in [0.2, 0.25) is 0 Å². The summed E-state index contributed by atoms with van der Waals surface area (Å²) in [5, 5.41) is 0. The number of carbonyl (C=O) groups excluding carboxylic acids is 4. The molecule has 0 heterocycles. The maximum Gasteiger partial charge on any atom is 0.305 e. The van der Waals surface area contributed by atoms with Gasteiger partial charge in [0.1, 0.15) is 17.7 Å². The largest absolute Gasteiger partial charge is 0.469 e. The molecule has 4 saturated carbocycles. The molecule has 6 nitrogen and oxygen atoms in total. The van der Waals surface area contributed by atoms with E-state index in [9.17, 15) is 19.2 Å². The van der Waals surface area contributed by atoms with E-state index < -0.39 is 5.41 Å². The highest BCUT2D eigenvalue weighted by atomic mass is 16.5. The van der Waals surface area contributed by atoms with Crippen molar-refractivity contribution in [3.05, 3.63) is 0 Å². The van der Waals surface area contributed by atoms with E-state index in [1.165, 1.54) is 14.0 Å². The fraction of sp³-hybridized carbons (Fsp3) is 0.852. The van der Waals surface area contributed by atoms with Gasteiger partial charge in [0.15, 0.2) is 0 Å². The molecule has 33 heavy (non-hydrogen) atoms. The van der Waals surface area contributed by atoms with E-state index >= 15 is 0 Å². The molecule has 4 aliphatic carbocycles. The van der Waals surface area contributed by atoms with E-state index in [2.05, 4.69) is 20.8 Å². The Morgan fingerprint density at radius 3 is 2.48 bits per heavy atom. The molecular weight excluding hydrogens is 420 g/mol. The first-order chi connectivity index (χ1) is 15.5. The van der Waals surface area contributed by atoms with E-state index in [0.29, 0.717) is 37.2 Å². The lowest BCUT2D eigenvalue weighted by molar-refractivity contribution is -0.172. The molecule has 0 aromatic rings. The van der Waals surface area contributed by atoms with Crippen molar-refractivity contribution >= 4 is 23.5 Å².